The van der Waals surface area contributed by atoms with Gasteiger partial charge in [-0.2, -0.15) is 0 Å². The number of aryl methyl sites for hydroxylation is 2. The first-order chi connectivity index (χ1) is 11.7. The van der Waals surface area contributed by atoms with E-state index in [4.69, 9.17) is 0 Å². The molecule has 1 aliphatic carbocycles. The monoisotopic (exact) mass is 319 g/mol. The van der Waals surface area contributed by atoms with Gasteiger partial charge in [-0.15, -0.1) is 0 Å². The van der Waals surface area contributed by atoms with Gasteiger partial charge in [0.05, 0.1) is 24.2 Å². The predicted molar refractivity (Wildman–Crippen MR) is 94.6 cm³/mol. The zero-order chi connectivity index (χ0) is 16.6. The maximum absolute atomic E-state index is 10.1. The normalized spacial score (nSPS) is 19.6. The largest absolute Gasteiger partial charge is 0.394 e. The van der Waals surface area contributed by atoms with Crippen molar-refractivity contribution in [2.24, 2.45) is 0 Å². The van der Waals surface area contributed by atoms with Crippen molar-refractivity contribution < 1.29 is 5.11 Å². The zero-order valence-corrected chi connectivity index (χ0v) is 13.8. The molecule has 0 aliphatic heterocycles. The van der Waals surface area contributed by atoms with Crippen LogP contribution in [0.1, 0.15) is 29.1 Å². The molecule has 1 aromatic heterocycles. The van der Waals surface area contributed by atoms with Crippen LogP contribution < -0.4 is 5.32 Å². The molecule has 1 heterocycles. The molecule has 0 radical (unpaired) electrons. The van der Waals surface area contributed by atoms with E-state index in [9.17, 15) is 5.11 Å². The van der Waals surface area contributed by atoms with Crippen molar-refractivity contribution in [2.75, 3.05) is 6.61 Å². The number of fused-ring (bicyclic) bond motifs is 2. The van der Waals surface area contributed by atoms with Crippen LogP contribution in [0.4, 0.5) is 0 Å². The van der Waals surface area contributed by atoms with Gasteiger partial charge in [0.15, 0.2) is 0 Å². The van der Waals surface area contributed by atoms with Crippen molar-refractivity contribution in [1.29, 1.82) is 0 Å². The Kier molecular flexibility index (Phi) is 3.79. The minimum atomic E-state index is -0.389. The molecule has 1 aliphatic rings. The minimum Gasteiger partial charge on any atom is -0.394 e. The molecule has 2 N–H and O–H groups in total. The average molecular weight is 319 g/mol. The molecule has 4 rings (SSSR count). The highest BCUT2D eigenvalue weighted by Gasteiger charge is 2.37. The fourth-order valence-electron chi connectivity index (χ4n) is 3.71. The van der Waals surface area contributed by atoms with E-state index in [1.54, 1.807) is 0 Å². The van der Waals surface area contributed by atoms with Gasteiger partial charge in [-0.1, -0.05) is 42.5 Å². The van der Waals surface area contributed by atoms with E-state index in [2.05, 4.69) is 33.5 Å². The summed E-state index contributed by atoms with van der Waals surface area (Å²) in [5.74, 6) is 0.767. The molecule has 24 heavy (non-hydrogen) atoms. The number of nitrogens with one attached hydrogen (secondary N) is 1. The Balaban J connectivity index is 1.63. The van der Waals surface area contributed by atoms with Gasteiger partial charge in [0.2, 0.25) is 0 Å². The molecular formula is C20H21N3O. The lowest BCUT2D eigenvalue weighted by Gasteiger charge is -2.29. The Bertz CT molecular complexity index is 893. The highest BCUT2D eigenvalue weighted by atomic mass is 16.3. The lowest BCUT2D eigenvalue weighted by Crippen LogP contribution is -2.43. The van der Waals surface area contributed by atoms with E-state index >= 15 is 0 Å². The maximum Gasteiger partial charge on any atom is 0.143 e. The number of benzene rings is 2. The van der Waals surface area contributed by atoms with Crippen molar-refractivity contribution >= 4 is 10.9 Å². The summed E-state index contributed by atoms with van der Waals surface area (Å²) in [4.78, 5) is 9.29. The van der Waals surface area contributed by atoms with Crippen LogP contribution in [-0.4, -0.2) is 21.7 Å². The molecule has 0 amide bonds. The van der Waals surface area contributed by atoms with E-state index in [-0.39, 0.29) is 12.1 Å². The molecule has 0 spiro atoms. The Morgan fingerprint density at radius 3 is 2.75 bits per heavy atom. The Labute approximate surface area is 141 Å². The first-order valence-electron chi connectivity index (χ1n) is 8.38. The molecule has 0 bridgehead atoms. The third-order valence-electron chi connectivity index (χ3n) is 5.05. The molecule has 4 heteroatoms. The molecule has 122 valence electrons. The van der Waals surface area contributed by atoms with Gasteiger partial charge < -0.3 is 5.11 Å². The summed E-state index contributed by atoms with van der Waals surface area (Å²) < 4.78 is 0. The fraction of sp³-hybridized carbons (Fsp3) is 0.300. The molecular weight excluding hydrogens is 298 g/mol. The van der Waals surface area contributed by atoms with Gasteiger partial charge in [0.1, 0.15) is 5.82 Å². The number of aliphatic hydroxyl groups excluding tert-OH is 1. The van der Waals surface area contributed by atoms with Gasteiger partial charge in [-0.05, 0) is 37.0 Å². The molecule has 1 unspecified atom stereocenters. The van der Waals surface area contributed by atoms with Crippen LogP contribution in [-0.2, 0) is 18.5 Å². The summed E-state index contributed by atoms with van der Waals surface area (Å²) in [6.07, 6.45) is 1.89. The molecule has 0 fully saturated rings. The third kappa shape index (κ3) is 2.48. The summed E-state index contributed by atoms with van der Waals surface area (Å²) in [6, 6.07) is 16.4. The molecule has 2 aromatic carbocycles. The van der Waals surface area contributed by atoms with E-state index < -0.39 is 0 Å². The van der Waals surface area contributed by atoms with Gasteiger partial charge >= 0.3 is 0 Å². The highest BCUT2D eigenvalue weighted by molar-refractivity contribution is 5.80. The van der Waals surface area contributed by atoms with E-state index in [1.165, 1.54) is 11.1 Å². The second-order valence-electron chi connectivity index (χ2n) is 6.49. The number of aliphatic hydroxyl groups is 1. The smallest absolute Gasteiger partial charge is 0.143 e. The average Bonchev–Trinajstić information content (AvgIpc) is 3.00. The predicted octanol–water partition coefficient (Wildman–Crippen LogP) is 2.86. The van der Waals surface area contributed by atoms with Gasteiger partial charge in [0, 0.05) is 11.1 Å². The van der Waals surface area contributed by atoms with E-state index in [0.717, 1.165) is 35.3 Å². The Morgan fingerprint density at radius 1 is 1.08 bits per heavy atom. The standard InChI is InChI=1S/C20H21N3O/c1-14-16-7-3-5-9-18(16)23-19(22-14)12-21-20(13-24)11-10-15-6-2-4-8-17(15)20/h2-9,21,24H,10-13H2,1H3. The van der Waals surface area contributed by atoms with Crippen LogP contribution in [0, 0.1) is 6.92 Å². The van der Waals surface area contributed by atoms with Crippen molar-refractivity contribution in [2.45, 2.75) is 31.8 Å². The van der Waals surface area contributed by atoms with Crippen molar-refractivity contribution in [3.63, 3.8) is 0 Å². The van der Waals surface area contributed by atoms with E-state index in [1.807, 2.05) is 37.3 Å². The molecule has 3 aromatic rings. The molecule has 1 atom stereocenters. The SMILES string of the molecule is Cc1nc(CNC2(CO)CCc3ccccc32)nc2ccccc12. The summed E-state index contributed by atoms with van der Waals surface area (Å²) in [5, 5.41) is 14.7. The third-order valence-corrected chi connectivity index (χ3v) is 5.05. The highest BCUT2D eigenvalue weighted by Crippen LogP contribution is 2.36. The Hall–Kier alpha value is -2.30. The van der Waals surface area contributed by atoms with Crippen molar-refractivity contribution in [3.8, 4) is 0 Å². The topological polar surface area (TPSA) is 58.0 Å². The summed E-state index contributed by atoms with van der Waals surface area (Å²) >= 11 is 0. The van der Waals surface area contributed by atoms with Crippen LogP contribution >= 0.6 is 0 Å². The number of para-hydroxylation sites is 1. The summed E-state index contributed by atoms with van der Waals surface area (Å²) in [6.45, 7) is 2.64. The van der Waals surface area contributed by atoms with Crippen molar-refractivity contribution in [3.05, 3.63) is 71.2 Å². The first kappa shape index (κ1) is 15.2. The van der Waals surface area contributed by atoms with Crippen LogP contribution in [0.3, 0.4) is 0 Å². The fourth-order valence-corrected chi connectivity index (χ4v) is 3.71. The number of nitrogens with zero attached hydrogens (tertiary/aromatic N) is 2. The lowest BCUT2D eigenvalue weighted by molar-refractivity contribution is 0.158. The quantitative estimate of drug-likeness (QED) is 0.776. The lowest BCUT2D eigenvalue weighted by atomic mass is 9.92. The minimum absolute atomic E-state index is 0.0799. The van der Waals surface area contributed by atoms with Crippen LogP contribution in [0.2, 0.25) is 0 Å². The number of rotatable bonds is 4. The second kappa shape index (κ2) is 5.96. The summed E-state index contributed by atoms with van der Waals surface area (Å²) in [7, 11) is 0. The zero-order valence-electron chi connectivity index (χ0n) is 13.8. The number of aromatic nitrogens is 2. The number of hydrogen-bond donors (Lipinski definition) is 2. The molecule has 0 saturated carbocycles. The number of hydrogen-bond acceptors (Lipinski definition) is 4. The van der Waals surface area contributed by atoms with Gasteiger partial charge in [-0.3, -0.25) is 5.32 Å². The maximum atomic E-state index is 10.1. The second-order valence-corrected chi connectivity index (χ2v) is 6.49. The Morgan fingerprint density at radius 2 is 1.88 bits per heavy atom. The first-order valence-corrected chi connectivity index (χ1v) is 8.38. The van der Waals surface area contributed by atoms with Gasteiger partial charge in [0.25, 0.3) is 0 Å². The van der Waals surface area contributed by atoms with Crippen molar-refractivity contribution in [1.82, 2.24) is 15.3 Å². The molecule has 4 nitrogen and oxygen atoms in total. The van der Waals surface area contributed by atoms with Crippen LogP contribution in [0.15, 0.2) is 48.5 Å². The summed E-state index contributed by atoms with van der Waals surface area (Å²) in [5.41, 5.74) is 4.08. The van der Waals surface area contributed by atoms with Crippen LogP contribution in [0.25, 0.3) is 10.9 Å². The molecule has 0 saturated heterocycles. The van der Waals surface area contributed by atoms with E-state index in [0.29, 0.717) is 6.54 Å². The van der Waals surface area contributed by atoms with Gasteiger partial charge in [-0.25, -0.2) is 9.97 Å². The van der Waals surface area contributed by atoms with Crippen LogP contribution in [0.5, 0.6) is 0 Å².